The first kappa shape index (κ1) is 19.0. The van der Waals surface area contributed by atoms with Gasteiger partial charge < -0.3 is 0 Å². The number of alkyl halides is 2. The van der Waals surface area contributed by atoms with E-state index in [9.17, 15) is 8.78 Å². The second kappa shape index (κ2) is 6.93. The summed E-state index contributed by atoms with van der Waals surface area (Å²) in [5, 5.41) is 0. The lowest BCUT2D eigenvalue weighted by Gasteiger charge is -2.28. The van der Waals surface area contributed by atoms with Gasteiger partial charge in [-0.15, -0.1) is 0 Å². The van der Waals surface area contributed by atoms with E-state index in [0.29, 0.717) is 36.3 Å². The average molecular weight is 380 g/mol. The second-order valence-corrected chi connectivity index (χ2v) is 9.17. The van der Waals surface area contributed by atoms with E-state index >= 15 is 8.78 Å². The molecule has 1 aromatic carbocycles. The van der Waals surface area contributed by atoms with E-state index in [1.54, 1.807) is 13.0 Å². The Kier molecular flexibility index (Phi) is 4.88. The van der Waals surface area contributed by atoms with Crippen molar-refractivity contribution in [3.63, 3.8) is 0 Å². The Bertz CT molecular complexity index is 756. The van der Waals surface area contributed by atoms with Crippen molar-refractivity contribution in [1.29, 1.82) is 0 Å². The van der Waals surface area contributed by atoms with Crippen LogP contribution >= 0.6 is 0 Å². The van der Waals surface area contributed by atoms with Crippen LogP contribution in [0.5, 0.6) is 0 Å². The second-order valence-electron chi connectivity index (χ2n) is 9.17. The van der Waals surface area contributed by atoms with Gasteiger partial charge in [-0.1, -0.05) is 38.7 Å². The molecule has 0 heterocycles. The Morgan fingerprint density at radius 3 is 2.44 bits per heavy atom. The molecule has 27 heavy (non-hydrogen) atoms. The number of halogens is 4. The normalized spacial score (nSPS) is 32.4. The van der Waals surface area contributed by atoms with E-state index in [-0.39, 0.29) is 5.56 Å². The molecule has 3 aliphatic carbocycles. The lowest BCUT2D eigenvalue weighted by molar-refractivity contribution is -0.00835. The van der Waals surface area contributed by atoms with Crippen LogP contribution in [0.2, 0.25) is 0 Å². The maximum atomic E-state index is 15.1. The van der Waals surface area contributed by atoms with Crippen LogP contribution in [-0.2, 0) is 6.42 Å². The van der Waals surface area contributed by atoms with Crippen LogP contribution in [0.1, 0.15) is 68.6 Å². The minimum Gasteiger partial charge on any atom is -0.206 e. The van der Waals surface area contributed by atoms with Crippen molar-refractivity contribution in [3.05, 3.63) is 40.2 Å². The van der Waals surface area contributed by atoms with Crippen LogP contribution in [0, 0.1) is 36.4 Å². The van der Waals surface area contributed by atoms with Crippen molar-refractivity contribution in [2.75, 3.05) is 0 Å². The Hall–Kier alpha value is -1.32. The lowest BCUT2D eigenvalue weighted by Crippen LogP contribution is -2.27. The van der Waals surface area contributed by atoms with E-state index in [0.717, 1.165) is 25.2 Å². The minimum absolute atomic E-state index is 0.228. The highest BCUT2D eigenvalue weighted by Gasteiger charge is 2.56. The zero-order valence-electron chi connectivity index (χ0n) is 16.1. The molecule has 0 spiro atoms. The van der Waals surface area contributed by atoms with Crippen LogP contribution in [0.15, 0.2) is 17.7 Å². The first-order chi connectivity index (χ1) is 12.8. The van der Waals surface area contributed by atoms with Gasteiger partial charge >= 0.3 is 0 Å². The van der Waals surface area contributed by atoms with E-state index in [4.69, 9.17) is 0 Å². The molecule has 2 fully saturated rings. The largest absolute Gasteiger partial charge is 0.275 e. The smallest absolute Gasteiger partial charge is 0.206 e. The monoisotopic (exact) mass is 380 g/mol. The van der Waals surface area contributed by atoms with Gasteiger partial charge in [0.05, 0.1) is 0 Å². The number of aryl methyl sites for hydroxylation is 1. The van der Waals surface area contributed by atoms with Gasteiger partial charge in [0.15, 0.2) is 0 Å². The zero-order valence-corrected chi connectivity index (χ0v) is 16.1. The number of hydrogen-bond donors (Lipinski definition) is 0. The number of rotatable bonds is 3. The van der Waals surface area contributed by atoms with Crippen LogP contribution < -0.4 is 0 Å². The third-order valence-corrected chi connectivity index (χ3v) is 7.15. The van der Waals surface area contributed by atoms with Crippen LogP contribution in [0.3, 0.4) is 0 Å². The van der Waals surface area contributed by atoms with Crippen molar-refractivity contribution in [2.45, 2.75) is 71.1 Å². The SMILES string of the molecule is Cc1cc(F)c2c(c1)CC1CC(CCC3CCC(C)CC3)C(F)(F)C1=C2F. The molecule has 2 saturated carbocycles. The number of allylic oxidation sites excluding steroid dienone is 1. The number of benzene rings is 1. The summed E-state index contributed by atoms with van der Waals surface area (Å²) in [4.78, 5) is 0. The van der Waals surface area contributed by atoms with Gasteiger partial charge in [-0.05, 0) is 67.6 Å². The topological polar surface area (TPSA) is 0 Å². The van der Waals surface area contributed by atoms with Crippen LogP contribution in [0.4, 0.5) is 17.6 Å². The Balaban J connectivity index is 1.55. The summed E-state index contributed by atoms with van der Waals surface area (Å²) in [6, 6.07) is 2.97. The maximum absolute atomic E-state index is 15.1. The third kappa shape index (κ3) is 3.34. The third-order valence-electron chi connectivity index (χ3n) is 7.15. The minimum atomic E-state index is -3.16. The lowest BCUT2D eigenvalue weighted by atomic mass is 9.79. The van der Waals surface area contributed by atoms with E-state index in [2.05, 4.69) is 6.92 Å². The first-order valence-electron chi connectivity index (χ1n) is 10.3. The van der Waals surface area contributed by atoms with Crippen molar-refractivity contribution in [1.82, 2.24) is 0 Å². The molecule has 3 aliphatic rings. The molecule has 0 N–H and O–H groups in total. The number of fused-ring (bicyclic) bond motifs is 2. The molecule has 2 atom stereocenters. The molecule has 4 heteroatoms. The summed E-state index contributed by atoms with van der Waals surface area (Å²) in [5.74, 6) is -4.93. The fraction of sp³-hybridized carbons (Fsp3) is 0.652. The fourth-order valence-corrected chi connectivity index (χ4v) is 5.59. The van der Waals surface area contributed by atoms with Crippen molar-refractivity contribution in [2.24, 2.45) is 23.7 Å². The molecular formula is C23H28F4. The molecule has 0 saturated heterocycles. The van der Waals surface area contributed by atoms with Crippen molar-refractivity contribution >= 4 is 5.83 Å². The predicted molar refractivity (Wildman–Crippen MR) is 99.8 cm³/mol. The first-order valence-corrected chi connectivity index (χ1v) is 10.3. The standard InChI is InChI=1S/C23H28F4/c1-13-3-5-15(6-4-13)7-8-18-12-17-11-16-9-14(2)10-19(24)20(16)22(25)21(17)23(18,26)27/h9-10,13,15,17-18H,3-8,11-12H2,1-2H3. The molecule has 0 bridgehead atoms. The molecular weight excluding hydrogens is 352 g/mol. The summed E-state index contributed by atoms with van der Waals surface area (Å²) >= 11 is 0. The summed E-state index contributed by atoms with van der Waals surface area (Å²) in [6.07, 6.45) is 6.49. The highest BCUT2D eigenvalue weighted by atomic mass is 19.3. The van der Waals surface area contributed by atoms with Crippen molar-refractivity contribution in [3.8, 4) is 0 Å². The molecule has 2 unspecified atom stereocenters. The maximum Gasteiger partial charge on any atom is 0.275 e. The molecule has 0 amide bonds. The average Bonchev–Trinajstić information content (AvgIpc) is 2.84. The molecule has 148 valence electrons. The number of hydrogen-bond acceptors (Lipinski definition) is 0. The van der Waals surface area contributed by atoms with Gasteiger partial charge in [-0.2, -0.15) is 0 Å². The molecule has 4 rings (SSSR count). The van der Waals surface area contributed by atoms with Gasteiger partial charge in [0, 0.05) is 17.1 Å². The van der Waals surface area contributed by atoms with E-state index < -0.39 is 35.0 Å². The van der Waals surface area contributed by atoms with Crippen LogP contribution in [-0.4, -0.2) is 5.92 Å². The highest BCUT2D eigenvalue weighted by Crippen LogP contribution is 2.56. The molecule has 0 radical (unpaired) electrons. The van der Waals surface area contributed by atoms with E-state index in [1.165, 1.54) is 18.9 Å². The van der Waals surface area contributed by atoms with Gasteiger partial charge in [0.2, 0.25) is 0 Å². The van der Waals surface area contributed by atoms with Gasteiger partial charge in [-0.3, -0.25) is 0 Å². The summed E-state index contributed by atoms with van der Waals surface area (Å²) in [6.45, 7) is 4.00. The molecule has 0 aromatic heterocycles. The molecule has 1 aromatic rings. The quantitative estimate of drug-likeness (QED) is 0.485. The van der Waals surface area contributed by atoms with Gasteiger partial charge in [0.1, 0.15) is 11.6 Å². The van der Waals surface area contributed by atoms with Crippen LogP contribution in [0.25, 0.3) is 5.83 Å². The Morgan fingerprint density at radius 2 is 1.74 bits per heavy atom. The fourth-order valence-electron chi connectivity index (χ4n) is 5.59. The van der Waals surface area contributed by atoms with E-state index in [1.807, 2.05) is 0 Å². The Morgan fingerprint density at radius 1 is 1.04 bits per heavy atom. The summed E-state index contributed by atoms with van der Waals surface area (Å²) in [7, 11) is 0. The van der Waals surface area contributed by atoms with Crippen molar-refractivity contribution < 1.29 is 17.6 Å². The van der Waals surface area contributed by atoms with Gasteiger partial charge in [-0.25, -0.2) is 17.6 Å². The Labute approximate surface area is 159 Å². The molecule has 0 nitrogen and oxygen atoms in total. The predicted octanol–water partition coefficient (Wildman–Crippen LogP) is 7.25. The highest BCUT2D eigenvalue weighted by molar-refractivity contribution is 5.71. The van der Waals surface area contributed by atoms with Gasteiger partial charge in [0.25, 0.3) is 5.92 Å². The summed E-state index contributed by atoms with van der Waals surface area (Å²) in [5.41, 5.74) is 0.584. The summed E-state index contributed by atoms with van der Waals surface area (Å²) < 4.78 is 59.5. The molecule has 0 aliphatic heterocycles. The zero-order chi connectivity index (χ0) is 19.3.